The van der Waals surface area contributed by atoms with Gasteiger partial charge in [-0.05, 0) is 37.0 Å². The lowest BCUT2D eigenvalue weighted by molar-refractivity contribution is -0.134. The number of amides is 1. The van der Waals surface area contributed by atoms with Crippen LogP contribution in [0.4, 0.5) is 0 Å². The van der Waals surface area contributed by atoms with Crippen molar-refractivity contribution in [1.82, 2.24) is 19.7 Å². The van der Waals surface area contributed by atoms with Crippen LogP contribution in [-0.4, -0.2) is 32.1 Å². The molecule has 6 heteroatoms. The fraction of sp³-hybridized carbons (Fsp3) is 0.333. The summed E-state index contributed by atoms with van der Waals surface area (Å²) < 4.78 is 1.32. The van der Waals surface area contributed by atoms with Crippen LogP contribution >= 0.6 is 0 Å². The second-order valence-electron chi connectivity index (χ2n) is 6.98. The summed E-state index contributed by atoms with van der Waals surface area (Å²) in [5.74, 6) is 0.0415. The molecule has 4 rings (SSSR count). The van der Waals surface area contributed by atoms with Gasteiger partial charge in [0.05, 0.1) is 23.5 Å². The average molecular weight is 362 g/mol. The van der Waals surface area contributed by atoms with E-state index in [1.165, 1.54) is 4.68 Å². The minimum atomic E-state index is -0.145. The number of aryl methyl sites for hydroxylation is 1. The highest BCUT2D eigenvalue weighted by molar-refractivity contribution is 5.88. The van der Waals surface area contributed by atoms with Gasteiger partial charge in [0.25, 0.3) is 5.56 Å². The number of rotatable bonds is 3. The minimum absolute atomic E-state index is 0.0415. The predicted octanol–water partition coefficient (Wildman–Crippen LogP) is 2.62. The third-order valence-corrected chi connectivity index (χ3v) is 5.24. The molecule has 0 N–H and O–H groups in total. The Bertz CT molecular complexity index is 1030. The number of carbonyl (C=O) groups is 1. The van der Waals surface area contributed by atoms with Crippen LogP contribution in [0.15, 0.2) is 53.6 Å². The molecule has 1 fully saturated rings. The van der Waals surface area contributed by atoms with Crippen molar-refractivity contribution >= 4 is 16.7 Å². The molecule has 0 radical (unpaired) electrons. The van der Waals surface area contributed by atoms with Crippen molar-refractivity contribution in [3.63, 3.8) is 0 Å². The molecule has 1 aliphatic rings. The van der Waals surface area contributed by atoms with Gasteiger partial charge in [-0.15, -0.1) is 0 Å². The van der Waals surface area contributed by atoms with E-state index < -0.39 is 0 Å². The van der Waals surface area contributed by atoms with E-state index in [1.807, 2.05) is 41.4 Å². The molecule has 1 atom stereocenters. The van der Waals surface area contributed by atoms with Gasteiger partial charge >= 0.3 is 0 Å². The zero-order valence-electron chi connectivity index (χ0n) is 15.3. The number of likely N-dealkylation sites (tertiary alicyclic amines) is 1. The highest BCUT2D eigenvalue weighted by Crippen LogP contribution is 2.31. The molecule has 27 heavy (non-hydrogen) atoms. The number of aromatic nitrogens is 3. The second-order valence-corrected chi connectivity index (χ2v) is 6.98. The van der Waals surface area contributed by atoms with E-state index >= 15 is 0 Å². The largest absolute Gasteiger partial charge is 0.335 e. The fourth-order valence-electron chi connectivity index (χ4n) is 3.90. The third-order valence-electron chi connectivity index (χ3n) is 5.24. The Morgan fingerprint density at radius 1 is 1.15 bits per heavy atom. The van der Waals surface area contributed by atoms with Crippen LogP contribution < -0.4 is 5.56 Å². The summed E-state index contributed by atoms with van der Waals surface area (Å²) in [5.41, 5.74) is 1.57. The number of benzene rings is 1. The Kier molecular flexibility index (Phi) is 4.71. The Labute approximate surface area is 157 Å². The number of hydrogen-bond donors (Lipinski definition) is 0. The van der Waals surface area contributed by atoms with Crippen molar-refractivity contribution in [2.24, 2.45) is 7.05 Å². The van der Waals surface area contributed by atoms with Crippen LogP contribution in [-0.2, 0) is 18.3 Å². The molecule has 138 valence electrons. The molecule has 1 aromatic carbocycles. The molecule has 0 spiro atoms. The smallest absolute Gasteiger partial charge is 0.274 e. The lowest BCUT2D eigenvalue weighted by Gasteiger charge is -2.36. The second kappa shape index (κ2) is 7.31. The summed E-state index contributed by atoms with van der Waals surface area (Å²) in [5, 5.41) is 5.73. The summed E-state index contributed by atoms with van der Waals surface area (Å²) in [6, 6.07) is 11.3. The summed E-state index contributed by atoms with van der Waals surface area (Å²) in [6.45, 7) is 0.738. The average Bonchev–Trinajstić information content (AvgIpc) is 2.72. The molecule has 2 aromatic heterocycles. The van der Waals surface area contributed by atoms with Crippen molar-refractivity contribution in [3.8, 4) is 0 Å². The van der Waals surface area contributed by atoms with E-state index in [2.05, 4.69) is 10.1 Å². The first-order chi connectivity index (χ1) is 13.1. The van der Waals surface area contributed by atoms with Crippen molar-refractivity contribution in [1.29, 1.82) is 0 Å². The Morgan fingerprint density at radius 3 is 2.74 bits per heavy atom. The molecule has 3 aromatic rings. The molecule has 0 unspecified atom stereocenters. The molecule has 6 nitrogen and oxygen atoms in total. The number of nitrogens with zero attached hydrogens (tertiary/aromatic N) is 4. The number of fused-ring (bicyclic) bond motifs is 1. The normalized spacial score (nSPS) is 17.2. The predicted molar refractivity (Wildman–Crippen MR) is 103 cm³/mol. The van der Waals surface area contributed by atoms with E-state index in [4.69, 9.17) is 0 Å². The van der Waals surface area contributed by atoms with Crippen LogP contribution in [0, 0.1) is 0 Å². The van der Waals surface area contributed by atoms with Crippen molar-refractivity contribution in [2.75, 3.05) is 6.54 Å². The highest BCUT2D eigenvalue weighted by Gasteiger charge is 2.28. The summed E-state index contributed by atoms with van der Waals surface area (Å²) in [6.07, 6.45) is 6.83. The molecular weight excluding hydrogens is 340 g/mol. The highest BCUT2D eigenvalue weighted by atomic mass is 16.2. The molecule has 1 amide bonds. The van der Waals surface area contributed by atoms with Crippen LogP contribution in [0.3, 0.4) is 0 Å². The van der Waals surface area contributed by atoms with Crippen LogP contribution in [0.5, 0.6) is 0 Å². The van der Waals surface area contributed by atoms with E-state index in [-0.39, 0.29) is 23.9 Å². The monoisotopic (exact) mass is 362 g/mol. The topological polar surface area (TPSA) is 68.1 Å². The van der Waals surface area contributed by atoms with Crippen molar-refractivity contribution in [3.05, 3.63) is 70.4 Å². The maximum absolute atomic E-state index is 13.2. The standard InChI is InChI=1S/C21H22N4O2/c1-24-21(27)17-9-3-2-8-16(17)18(23-24)13-20(26)25-12-5-4-10-19(25)15-7-6-11-22-14-15/h2-3,6-9,11,14,19H,4-5,10,12-13H2,1H3/t19-/m1/s1. The number of hydrogen-bond acceptors (Lipinski definition) is 4. The molecule has 0 aliphatic carbocycles. The lowest BCUT2D eigenvalue weighted by Crippen LogP contribution is -2.39. The van der Waals surface area contributed by atoms with E-state index in [1.54, 1.807) is 19.3 Å². The molecule has 3 heterocycles. The maximum Gasteiger partial charge on any atom is 0.274 e. The van der Waals surface area contributed by atoms with Gasteiger partial charge in [0.15, 0.2) is 0 Å². The zero-order chi connectivity index (χ0) is 18.8. The Balaban J connectivity index is 1.66. The first-order valence-electron chi connectivity index (χ1n) is 9.29. The van der Waals surface area contributed by atoms with E-state index in [0.717, 1.165) is 36.8 Å². The van der Waals surface area contributed by atoms with Gasteiger partial charge in [-0.2, -0.15) is 5.10 Å². The quantitative estimate of drug-likeness (QED) is 0.718. The summed E-state index contributed by atoms with van der Waals surface area (Å²) in [4.78, 5) is 31.6. The van der Waals surface area contributed by atoms with Crippen molar-refractivity contribution in [2.45, 2.75) is 31.7 Å². The molecular formula is C21H22N4O2. The van der Waals surface area contributed by atoms with Crippen LogP contribution in [0.1, 0.15) is 36.6 Å². The minimum Gasteiger partial charge on any atom is -0.335 e. The Morgan fingerprint density at radius 2 is 1.96 bits per heavy atom. The molecule has 1 saturated heterocycles. The van der Waals surface area contributed by atoms with Gasteiger partial charge in [-0.3, -0.25) is 14.6 Å². The van der Waals surface area contributed by atoms with E-state index in [9.17, 15) is 9.59 Å². The number of carbonyl (C=O) groups excluding carboxylic acids is 1. The molecule has 0 saturated carbocycles. The van der Waals surface area contributed by atoms with Crippen molar-refractivity contribution < 1.29 is 4.79 Å². The van der Waals surface area contributed by atoms with E-state index in [0.29, 0.717) is 11.1 Å². The van der Waals surface area contributed by atoms with Gasteiger partial charge in [0, 0.05) is 31.4 Å². The summed E-state index contributed by atoms with van der Waals surface area (Å²) >= 11 is 0. The number of pyridine rings is 1. The third kappa shape index (κ3) is 3.35. The molecule has 0 bridgehead atoms. The van der Waals surface area contributed by atoms with Gasteiger partial charge < -0.3 is 4.90 Å². The number of piperidine rings is 1. The first-order valence-corrected chi connectivity index (χ1v) is 9.29. The van der Waals surface area contributed by atoms with Gasteiger partial charge in [-0.25, -0.2) is 4.68 Å². The fourth-order valence-corrected chi connectivity index (χ4v) is 3.90. The first kappa shape index (κ1) is 17.4. The SMILES string of the molecule is Cn1nc(CC(=O)N2CCCC[C@@H]2c2cccnc2)c2ccccc2c1=O. The maximum atomic E-state index is 13.2. The summed E-state index contributed by atoms with van der Waals surface area (Å²) in [7, 11) is 1.63. The zero-order valence-corrected chi connectivity index (χ0v) is 15.3. The lowest BCUT2D eigenvalue weighted by atomic mass is 9.95. The van der Waals surface area contributed by atoms with Gasteiger partial charge in [-0.1, -0.05) is 24.3 Å². The van der Waals surface area contributed by atoms with Crippen LogP contribution in [0.2, 0.25) is 0 Å². The van der Waals surface area contributed by atoms with Crippen LogP contribution in [0.25, 0.3) is 10.8 Å². The van der Waals surface area contributed by atoms with Gasteiger partial charge in [0.1, 0.15) is 0 Å². The van der Waals surface area contributed by atoms with Gasteiger partial charge in [0.2, 0.25) is 5.91 Å². The Hall–Kier alpha value is -3.02. The molecule has 1 aliphatic heterocycles.